The molecule has 0 aliphatic carbocycles. The predicted octanol–water partition coefficient (Wildman–Crippen LogP) is -0.0457. The van der Waals surface area contributed by atoms with Crippen molar-refractivity contribution in [3.8, 4) is 0 Å². The van der Waals surface area contributed by atoms with Gasteiger partial charge in [0.2, 0.25) is 0 Å². The van der Waals surface area contributed by atoms with E-state index in [1.165, 1.54) is 21.6 Å². The van der Waals surface area contributed by atoms with E-state index < -0.39 is 21.5 Å². The molecule has 0 aliphatic heterocycles. The molecule has 9 heteroatoms. The third-order valence-electron chi connectivity index (χ3n) is 1.27. The van der Waals surface area contributed by atoms with E-state index in [0.29, 0.717) is 0 Å². The maximum Gasteiger partial charge on any atom is 0.334 e. The maximum absolute atomic E-state index is 10.6. The molecule has 88 valence electrons. The number of halogens is 1. The molecule has 0 saturated heterocycles. The Hall–Kier alpha value is 0.290. The van der Waals surface area contributed by atoms with Crippen LogP contribution < -0.4 is 11.5 Å². The molecular weight excluding hydrogens is 355 g/mol. The van der Waals surface area contributed by atoms with E-state index in [-0.39, 0.29) is 11.5 Å². The first-order valence-electron chi connectivity index (χ1n) is 3.71. The van der Waals surface area contributed by atoms with E-state index in [1.807, 2.05) is 0 Å². The quantitative estimate of drug-likeness (QED) is 0.163. The van der Waals surface area contributed by atoms with Crippen molar-refractivity contribution >= 4 is 56.1 Å². The zero-order valence-corrected chi connectivity index (χ0v) is 11.3. The second-order valence-corrected chi connectivity index (χ2v) is 7.09. The standard InChI is InChI=1S/C6H11IN2O4S2/c7-6(9,5(12)13)2-15-14-1-3(8)4(10)11/h3H,1-2,8-9H2,(H,10,11)(H,12,13). The summed E-state index contributed by atoms with van der Waals surface area (Å²) in [5, 5.41) is 17.1. The van der Waals surface area contributed by atoms with Crippen LogP contribution in [0.3, 0.4) is 0 Å². The Morgan fingerprint density at radius 2 is 1.93 bits per heavy atom. The minimum atomic E-state index is -1.33. The molecule has 0 spiro atoms. The van der Waals surface area contributed by atoms with Crippen molar-refractivity contribution in [3.05, 3.63) is 0 Å². The monoisotopic (exact) mass is 366 g/mol. The second-order valence-electron chi connectivity index (χ2n) is 2.66. The fourth-order valence-electron chi connectivity index (χ4n) is 0.382. The predicted molar refractivity (Wildman–Crippen MR) is 69.1 cm³/mol. The average Bonchev–Trinajstić information content (AvgIpc) is 2.11. The summed E-state index contributed by atoms with van der Waals surface area (Å²) in [4.78, 5) is 20.9. The number of carboxylic acid groups (broad SMARTS) is 2. The molecule has 0 radical (unpaired) electrons. The molecule has 2 unspecified atom stereocenters. The van der Waals surface area contributed by atoms with Crippen molar-refractivity contribution in [2.24, 2.45) is 11.5 Å². The molecule has 15 heavy (non-hydrogen) atoms. The zero-order chi connectivity index (χ0) is 12.1. The number of rotatable bonds is 7. The van der Waals surface area contributed by atoms with Gasteiger partial charge < -0.3 is 21.7 Å². The lowest BCUT2D eigenvalue weighted by Gasteiger charge is -2.15. The van der Waals surface area contributed by atoms with Crippen LogP contribution in [-0.4, -0.2) is 43.2 Å². The first-order chi connectivity index (χ1) is 6.77. The first kappa shape index (κ1) is 15.3. The molecule has 0 aromatic carbocycles. The number of nitrogens with two attached hydrogens (primary N) is 2. The molecule has 0 aliphatic rings. The zero-order valence-electron chi connectivity index (χ0n) is 7.55. The topological polar surface area (TPSA) is 127 Å². The van der Waals surface area contributed by atoms with Crippen molar-refractivity contribution in [2.75, 3.05) is 11.5 Å². The number of carbonyl (C=O) groups is 2. The minimum Gasteiger partial charge on any atom is -0.480 e. The van der Waals surface area contributed by atoms with Crippen LogP contribution in [-0.2, 0) is 9.59 Å². The lowest BCUT2D eigenvalue weighted by Crippen LogP contribution is -2.43. The number of carboxylic acids is 2. The van der Waals surface area contributed by atoms with Gasteiger partial charge in [0.05, 0.1) is 0 Å². The largest absolute Gasteiger partial charge is 0.480 e. The highest BCUT2D eigenvalue weighted by Crippen LogP contribution is 2.28. The highest BCUT2D eigenvalue weighted by molar-refractivity contribution is 14.1. The molecule has 0 aromatic rings. The number of aliphatic carboxylic acids is 2. The minimum absolute atomic E-state index is 0.180. The van der Waals surface area contributed by atoms with Gasteiger partial charge in [-0.05, 0) is 22.6 Å². The Morgan fingerprint density at radius 1 is 1.40 bits per heavy atom. The normalized spacial score (nSPS) is 16.7. The first-order valence-corrected chi connectivity index (χ1v) is 7.28. The lowest BCUT2D eigenvalue weighted by atomic mass is 10.4. The van der Waals surface area contributed by atoms with Crippen molar-refractivity contribution in [3.63, 3.8) is 0 Å². The van der Waals surface area contributed by atoms with Gasteiger partial charge in [0, 0.05) is 11.5 Å². The molecule has 0 fully saturated rings. The van der Waals surface area contributed by atoms with Crippen LogP contribution in [0.15, 0.2) is 0 Å². The van der Waals surface area contributed by atoms with E-state index in [2.05, 4.69) is 0 Å². The molecule has 0 aromatic heterocycles. The van der Waals surface area contributed by atoms with Crippen LogP contribution in [0.4, 0.5) is 0 Å². The third kappa shape index (κ3) is 6.45. The van der Waals surface area contributed by atoms with Gasteiger partial charge in [0.15, 0.2) is 3.55 Å². The summed E-state index contributed by atoms with van der Waals surface area (Å²) >= 11 is 1.63. The van der Waals surface area contributed by atoms with Crippen molar-refractivity contribution < 1.29 is 19.8 Å². The fraction of sp³-hybridized carbons (Fsp3) is 0.667. The number of hydrogen-bond donors (Lipinski definition) is 4. The van der Waals surface area contributed by atoms with Gasteiger partial charge in [-0.15, -0.1) is 0 Å². The van der Waals surface area contributed by atoms with Crippen LogP contribution in [0.1, 0.15) is 0 Å². The van der Waals surface area contributed by atoms with E-state index >= 15 is 0 Å². The van der Waals surface area contributed by atoms with Crippen molar-refractivity contribution in [1.82, 2.24) is 0 Å². The van der Waals surface area contributed by atoms with E-state index in [1.54, 1.807) is 22.6 Å². The van der Waals surface area contributed by atoms with Crippen LogP contribution in [0.25, 0.3) is 0 Å². The van der Waals surface area contributed by atoms with Crippen LogP contribution in [0, 0.1) is 0 Å². The molecule has 2 atom stereocenters. The summed E-state index contributed by atoms with van der Waals surface area (Å²) in [6, 6.07) is -0.936. The highest BCUT2D eigenvalue weighted by Gasteiger charge is 2.30. The van der Waals surface area contributed by atoms with Gasteiger partial charge in [-0.2, -0.15) is 0 Å². The van der Waals surface area contributed by atoms with Crippen molar-refractivity contribution in [1.29, 1.82) is 0 Å². The summed E-state index contributed by atoms with van der Waals surface area (Å²) < 4.78 is -1.33. The Balaban J connectivity index is 3.72. The second kappa shape index (κ2) is 6.78. The molecular formula is C6H11IN2O4S2. The van der Waals surface area contributed by atoms with Crippen molar-refractivity contribution in [2.45, 2.75) is 9.59 Å². The van der Waals surface area contributed by atoms with Gasteiger partial charge >= 0.3 is 11.9 Å². The van der Waals surface area contributed by atoms with E-state index in [4.69, 9.17) is 21.7 Å². The Kier molecular flexibility index (Phi) is 6.91. The Morgan fingerprint density at radius 3 is 2.33 bits per heavy atom. The van der Waals surface area contributed by atoms with Crippen LogP contribution >= 0.6 is 44.2 Å². The van der Waals surface area contributed by atoms with Gasteiger partial charge in [-0.1, -0.05) is 21.6 Å². The number of hydrogen-bond acceptors (Lipinski definition) is 6. The lowest BCUT2D eigenvalue weighted by molar-refractivity contribution is -0.139. The fourth-order valence-corrected chi connectivity index (χ4v) is 3.78. The summed E-state index contributed by atoms with van der Waals surface area (Å²) in [7, 11) is 2.39. The summed E-state index contributed by atoms with van der Waals surface area (Å²) in [6.07, 6.45) is 0. The molecule has 0 bridgehead atoms. The number of alkyl halides is 1. The maximum atomic E-state index is 10.6. The third-order valence-corrected chi connectivity index (χ3v) is 5.13. The molecule has 6 N–H and O–H groups in total. The SMILES string of the molecule is NC(CSSCC(N)(I)C(=O)O)C(=O)O. The van der Waals surface area contributed by atoms with Crippen LogP contribution in [0.2, 0.25) is 0 Å². The average molecular weight is 366 g/mol. The Bertz CT molecular complexity index is 251. The summed E-state index contributed by atoms with van der Waals surface area (Å²) in [5.74, 6) is -1.78. The van der Waals surface area contributed by atoms with E-state index in [0.717, 1.165) is 0 Å². The van der Waals surface area contributed by atoms with E-state index in [9.17, 15) is 9.59 Å². The van der Waals surface area contributed by atoms with Gasteiger partial charge in [0.25, 0.3) is 0 Å². The highest BCUT2D eigenvalue weighted by atomic mass is 127. The summed E-state index contributed by atoms with van der Waals surface area (Å²) in [6.45, 7) is 0. The van der Waals surface area contributed by atoms with Gasteiger partial charge in [0.1, 0.15) is 6.04 Å². The van der Waals surface area contributed by atoms with Gasteiger partial charge in [-0.3, -0.25) is 4.79 Å². The molecule has 6 nitrogen and oxygen atoms in total. The Labute approximate surface area is 108 Å². The molecule has 0 heterocycles. The smallest absolute Gasteiger partial charge is 0.334 e. The molecule has 0 saturated carbocycles. The van der Waals surface area contributed by atoms with Gasteiger partial charge in [-0.25, -0.2) is 4.79 Å². The van der Waals surface area contributed by atoms with Crippen LogP contribution in [0.5, 0.6) is 0 Å². The molecule has 0 rings (SSSR count). The summed E-state index contributed by atoms with van der Waals surface area (Å²) in [5.41, 5.74) is 10.7. The molecule has 0 amide bonds.